The number of piperazine rings is 1. The molecule has 320 valence electrons. The molecule has 3 aliphatic heterocycles. The number of rotatable bonds is 20. The first-order valence-electron chi connectivity index (χ1n) is 21.2. The molecule has 12 nitrogen and oxygen atoms in total. The maximum Gasteiger partial charge on any atom is 0.255 e. The van der Waals surface area contributed by atoms with Crippen LogP contribution in [-0.4, -0.2) is 123 Å². The topological polar surface area (TPSA) is 130 Å². The minimum atomic E-state index is -0.650. The fourth-order valence-corrected chi connectivity index (χ4v) is 8.34. The molecule has 0 saturated carbocycles. The summed E-state index contributed by atoms with van der Waals surface area (Å²) in [6, 6.07) is 34.0. The molecule has 4 aromatic rings. The average molecular weight is 848 g/mol. The highest BCUT2D eigenvalue weighted by atomic mass is 35.5. The number of halogens is 1. The number of nitrogens with one attached hydrogen (secondary N) is 2. The SMILES string of the molecule is O=C1CCC(N2Cc3c(NCCOCCOCCC(=O)N4CCN(CCOc5ccc(C(=C(CCCl)c6ccccc6)c6ccccc6)cc5)CC4)cccc3C2=O)C(=O)N1. The molecule has 7 rings (SSSR count). The van der Waals surface area contributed by atoms with Gasteiger partial charge in [0.2, 0.25) is 17.7 Å². The van der Waals surface area contributed by atoms with E-state index in [0.717, 1.165) is 54.2 Å². The van der Waals surface area contributed by atoms with Crippen LogP contribution in [0.1, 0.15) is 58.3 Å². The molecule has 0 radical (unpaired) electrons. The number of anilines is 1. The molecule has 3 aliphatic rings. The van der Waals surface area contributed by atoms with Crippen LogP contribution in [0, 0.1) is 0 Å². The van der Waals surface area contributed by atoms with E-state index < -0.39 is 11.9 Å². The Hall–Kier alpha value is -5.53. The second kappa shape index (κ2) is 21.8. The van der Waals surface area contributed by atoms with E-state index in [0.29, 0.717) is 83.5 Å². The number of nitrogens with zero attached hydrogens (tertiary/aromatic N) is 3. The zero-order valence-corrected chi connectivity index (χ0v) is 35.2. The summed E-state index contributed by atoms with van der Waals surface area (Å²) in [6.45, 7) is 6.66. The summed E-state index contributed by atoms with van der Waals surface area (Å²) in [6.07, 6.45) is 1.62. The Balaban J connectivity index is 0.759. The number of alkyl halides is 1. The number of carbonyl (C=O) groups excluding carboxylic acids is 4. The molecule has 0 bridgehead atoms. The van der Waals surface area contributed by atoms with Crippen molar-refractivity contribution >= 4 is 52.1 Å². The minimum absolute atomic E-state index is 0.0940. The lowest BCUT2D eigenvalue weighted by molar-refractivity contribution is -0.137. The number of hydrogen-bond donors (Lipinski definition) is 2. The third kappa shape index (κ3) is 11.4. The first kappa shape index (κ1) is 43.6. The van der Waals surface area contributed by atoms with Gasteiger partial charge >= 0.3 is 0 Å². The first-order chi connectivity index (χ1) is 29.9. The molecule has 4 aromatic carbocycles. The number of hydrogen-bond acceptors (Lipinski definition) is 9. The molecule has 13 heteroatoms. The summed E-state index contributed by atoms with van der Waals surface area (Å²) in [5.41, 5.74) is 8.03. The van der Waals surface area contributed by atoms with Gasteiger partial charge in [0.1, 0.15) is 18.4 Å². The number of fused-ring (bicyclic) bond motifs is 1. The lowest BCUT2D eigenvalue weighted by atomic mass is 9.88. The summed E-state index contributed by atoms with van der Waals surface area (Å²) in [5.74, 6) is 0.507. The van der Waals surface area contributed by atoms with Gasteiger partial charge in [-0.2, -0.15) is 0 Å². The van der Waals surface area contributed by atoms with E-state index in [1.807, 2.05) is 41.3 Å². The molecule has 3 heterocycles. The number of amides is 4. The fraction of sp³-hybridized carbons (Fsp3) is 0.375. The van der Waals surface area contributed by atoms with Crippen molar-refractivity contribution in [2.24, 2.45) is 0 Å². The number of benzene rings is 4. The van der Waals surface area contributed by atoms with E-state index in [1.165, 1.54) is 16.7 Å². The van der Waals surface area contributed by atoms with Gasteiger partial charge in [0, 0.05) is 74.9 Å². The van der Waals surface area contributed by atoms with Crippen LogP contribution in [0.2, 0.25) is 0 Å². The van der Waals surface area contributed by atoms with Crippen molar-refractivity contribution in [2.75, 3.05) is 83.5 Å². The maximum atomic E-state index is 13.1. The summed E-state index contributed by atoms with van der Waals surface area (Å²) in [5, 5.41) is 5.68. The van der Waals surface area contributed by atoms with E-state index in [1.54, 1.807) is 11.0 Å². The predicted molar refractivity (Wildman–Crippen MR) is 236 cm³/mol. The standard InChI is InChI=1S/C48H54ClN5O7/c49-22-20-39(35-8-3-1-4-9-35)46(36-10-5-2-6-11-36)37-14-16-38(17-15-37)61-31-28-52-24-26-53(27-25-52)45(56)21-29-59-32-33-60-30-23-50-42-13-7-12-40-41(42)34-54(48(40)58)43-18-19-44(55)51-47(43)57/h1-17,43,50H,18-34H2,(H,51,55,57). The van der Waals surface area contributed by atoms with Crippen LogP contribution in [-0.2, 0) is 30.4 Å². The fourth-order valence-electron chi connectivity index (χ4n) is 8.15. The third-order valence-corrected chi connectivity index (χ3v) is 11.5. The van der Waals surface area contributed by atoms with Crippen LogP contribution in [0.3, 0.4) is 0 Å². The molecule has 2 fully saturated rings. The predicted octanol–water partition coefficient (Wildman–Crippen LogP) is 6.09. The van der Waals surface area contributed by atoms with Crippen molar-refractivity contribution in [1.82, 2.24) is 20.0 Å². The van der Waals surface area contributed by atoms with Gasteiger partial charge in [-0.1, -0.05) is 78.9 Å². The van der Waals surface area contributed by atoms with Crippen LogP contribution in [0.5, 0.6) is 5.75 Å². The van der Waals surface area contributed by atoms with Gasteiger partial charge in [-0.05, 0) is 64.9 Å². The summed E-state index contributed by atoms with van der Waals surface area (Å²) < 4.78 is 17.6. The van der Waals surface area contributed by atoms with Gasteiger partial charge in [-0.3, -0.25) is 29.4 Å². The van der Waals surface area contributed by atoms with Crippen LogP contribution in [0.15, 0.2) is 103 Å². The van der Waals surface area contributed by atoms with Crippen LogP contribution in [0.25, 0.3) is 11.1 Å². The van der Waals surface area contributed by atoms with Crippen molar-refractivity contribution in [2.45, 2.75) is 38.3 Å². The Morgan fingerprint density at radius 2 is 1.43 bits per heavy atom. The van der Waals surface area contributed by atoms with Crippen molar-refractivity contribution in [3.8, 4) is 5.75 Å². The molecule has 2 saturated heterocycles. The van der Waals surface area contributed by atoms with Gasteiger partial charge < -0.3 is 29.3 Å². The van der Waals surface area contributed by atoms with Crippen LogP contribution in [0.4, 0.5) is 5.69 Å². The average Bonchev–Trinajstić information content (AvgIpc) is 3.63. The molecule has 4 amide bonds. The van der Waals surface area contributed by atoms with Gasteiger partial charge in [-0.25, -0.2) is 0 Å². The number of imide groups is 1. The number of allylic oxidation sites excluding steroid dienone is 1. The van der Waals surface area contributed by atoms with Gasteiger partial charge in [0.15, 0.2) is 0 Å². The van der Waals surface area contributed by atoms with Crippen molar-refractivity contribution in [3.63, 3.8) is 0 Å². The van der Waals surface area contributed by atoms with Crippen molar-refractivity contribution in [3.05, 3.63) is 131 Å². The Morgan fingerprint density at radius 1 is 0.738 bits per heavy atom. The largest absolute Gasteiger partial charge is 0.492 e. The molecular formula is C48H54ClN5O7. The first-order valence-corrected chi connectivity index (χ1v) is 21.7. The quantitative estimate of drug-likeness (QED) is 0.0470. The molecule has 2 N–H and O–H groups in total. The zero-order chi connectivity index (χ0) is 42.4. The second-order valence-corrected chi connectivity index (χ2v) is 15.6. The normalized spacial score (nSPS) is 17.2. The lowest BCUT2D eigenvalue weighted by Gasteiger charge is -2.34. The highest BCUT2D eigenvalue weighted by molar-refractivity contribution is 6.18. The van der Waals surface area contributed by atoms with Gasteiger partial charge in [0.05, 0.1) is 32.8 Å². The monoisotopic (exact) mass is 847 g/mol. The van der Waals surface area contributed by atoms with E-state index >= 15 is 0 Å². The molecule has 0 aromatic heterocycles. The smallest absolute Gasteiger partial charge is 0.255 e. The van der Waals surface area contributed by atoms with E-state index in [9.17, 15) is 19.2 Å². The number of piperidine rings is 1. The molecule has 0 aliphatic carbocycles. The third-order valence-electron chi connectivity index (χ3n) is 11.4. The van der Waals surface area contributed by atoms with E-state index in [-0.39, 0.29) is 24.1 Å². The molecular weight excluding hydrogens is 794 g/mol. The Bertz CT molecular complexity index is 2140. The Labute approximate surface area is 362 Å². The molecule has 1 unspecified atom stereocenters. The van der Waals surface area contributed by atoms with Crippen molar-refractivity contribution in [1.29, 1.82) is 0 Å². The highest BCUT2D eigenvalue weighted by Crippen LogP contribution is 2.36. The van der Waals surface area contributed by atoms with Crippen molar-refractivity contribution < 1.29 is 33.4 Å². The Kier molecular flexibility index (Phi) is 15.6. The number of ether oxygens (including phenoxy) is 3. The summed E-state index contributed by atoms with van der Waals surface area (Å²) >= 11 is 6.32. The molecule has 1 atom stereocenters. The maximum absolute atomic E-state index is 13.1. The van der Waals surface area contributed by atoms with Gasteiger partial charge in [-0.15, -0.1) is 11.6 Å². The van der Waals surface area contributed by atoms with Crippen LogP contribution < -0.4 is 15.4 Å². The van der Waals surface area contributed by atoms with E-state index in [2.05, 4.69) is 76.2 Å². The lowest BCUT2D eigenvalue weighted by Crippen LogP contribution is -2.52. The van der Waals surface area contributed by atoms with E-state index in [4.69, 9.17) is 25.8 Å². The summed E-state index contributed by atoms with van der Waals surface area (Å²) in [4.78, 5) is 55.7. The Morgan fingerprint density at radius 3 is 2.13 bits per heavy atom. The van der Waals surface area contributed by atoms with Gasteiger partial charge in [0.25, 0.3) is 5.91 Å². The second-order valence-electron chi connectivity index (χ2n) is 15.3. The zero-order valence-electron chi connectivity index (χ0n) is 34.5. The summed E-state index contributed by atoms with van der Waals surface area (Å²) in [7, 11) is 0. The van der Waals surface area contributed by atoms with Crippen LogP contribution >= 0.6 is 11.6 Å². The molecule has 61 heavy (non-hydrogen) atoms. The minimum Gasteiger partial charge on any atom is -0.492 e. The molecule has 0 spiro atoms. The highest BCUT2D eigenvalue weighted by Gasteiger charge is 2.39. The number of carbonyl (C=O) groups is 4.